The van der Waals surface area contributed by atoms with Crippen LogP contribution < -0.4 is 4.90 Å². The molecule has 0 unspecified atom stereocenters. The van der Waals surface area contributed by atoms with Gasteiger partial charge in [-0.1, -0.05) is 15.9 Å². The lowest BCUT2D eigenvalue weighted by molar-refractivity contribution is -0.140. The maximum atomic E-state index is 12.4. The molecular formula is C21H18BrN3O5. The second kappa shape index (κ2) is 8.29. The standard InChI is InChI=1S/C21H18BrN3O5/c1-28-20(26)15-10-30-11-25(18(15)21(27)29-2)14-6-3-12(4-7-14)19-23-16-8-5-13(22)9-17(16)24-19/h3-9H,10-11H2,1-2H3,(H,23,24). The van der Waals surface area contributed by atoms with Crippen molar-refractivity contribution in [1.29, 1.82) is 0 Å². The van der Waals surface area contributed by atoms with E-state index in [9.17, 15) is 9.59 Å². The normalized spacial score (nSPS) is 14.2. The summed E-state index contributed by atoms with van der Waals surface area (Å²) in [7, 11) is 2.52. The third-order valence-corrected chi connectivity index (χ3v) is 5.22. The number of nitrogens with zero attached hydrogens (tertiary/aromatic N) is 2. The van der Waals surface area contributed by atoms with Crippen LogP contribution in [0.25, 0.3) is 22.4 Å². The Labute approximate surface area is 180 Å². The molecule has 154 valence electrons. The molecule has 0 fully saturated rings. The van der Waals surface area contributed by atoms with Crippen LogP contribution in [-0.4, -0.2) is 49.5 Å². The number of aromatic nitrogens is 2. The number of nitrogens with one attached hydrogen (secondary N) is 1. The summed E-state index contributed by atoms with van der Waals surface area (Å²) in [6.07, 6.45) is 0. The molecule has 0 saturated carbocycles. The molecule has 0 atom stereocenters. The Morgan fingerprint density at radius 3 is 2.53 bits per heavy atom. The molecule has 30 heavy (non-hydrogen) atoms. The summed E-state index contributed by atoms with van der Waals surface area (Å²) in [5.41, 5.74) is 3.55. The molecular weight excluding hydrogens is 454 g/mol. The highest BCUT2D eigenvalue weighted by Crippen LogP contribution is 2.29. The molecule has 3 aromatic rings. The SMILES string of the molecule is COC(=O)C1=C(C(=O)OC)N(c2ccc(-c3nc4ccc(Br)cc4[nH]3)cc2)COC1. The number of halogens is 1. The van der Waals surface area contributed by atoms with Crippen LogP contribution in [-0.2, 0) is 23.8 Å². The number of hydrogen-bond donors (Lipinski definition) is 1. The van der Waals surface area contributed by atoms with Crippen LogP contribution in [0.3, 0.4) is 0 Å². The van der Waals surface area contributed by atoms with Gasteiger partial charge < -0.3 is 24.1 Å². The molecule has 0 saturated heterocycles. The van der Waals surface area contributed by atoms with Crippen LogP contribution in [0.4, 0.5) is 5.69 Å². The van der Waals surface area contributed by atoms with Gasteiger partial charge in [0.2, 0.25) is 0 Å². The summed E-state index contributed by atoms with van der Waals surface area (Å²) in [4.78, 5) is 34.0. The molecule has 0 spiro atoms. The van der Waals surface area contributed by atoms with Crippen LogP contribution in [0.2, 0.25) is 0 Å². The minimum atomic E-state index is -0.634. The maximum absolute atomic E-state index is 12.4. The fraction of sp³-hybridized carbons (Fsp3) is 0.190. The van der Waals surface area contributed by atoms with Crippen LogP contribution in [0.15, 0.2) is 58.2 Å². The van der Waals surface area contributed by atoms with Crippen LogP contribution >= 0.6 is 15.9 Å². The molecule has 0 radical (unpaired) electrons. The monoisotopic (exact) mass is 471 g/mol. The van der Waals surface area contributed by atoms with Crippen molar-refractivity contribution in [2.24, 2.45) is 0 Å². The average molecular weight is 472 g/mol. The molecule has 2 aromatic carbocycles. The van der Waals surface area contributed by atoms with Crippen molar-refractivity contribution in [2.75, 3.05) is 32.5 Å². The summed E-state index contributed by atoms with van der Waals surface area (Å²) in [5, 5.41) is 0. The Hall–Kier alpha value is -3.17. The topological polar surface area (TPSA) is 93.8 Å². The van der Waals surface area contributed by atoms with E-state index in [4.69, 9.17) is 14.2 Å². The molecule has 0 amide bonds. The fourth-order valence-electron chi connectivity index (χ4n) is 3.27. The van der Waals surface area contributed by atoms with Gasteiger partial charge in [-0.15, -0.1) is 0 Å². The molecule has 0 bridgehead atoms. The first kappa shape index (κ1) is 20.1. The van der Waals surface area contributed by atoms with E-state index in [2.05, 4.69) is 25.9 Å². The van der Waals surface area contributed by atoms with Crippen LogP contribution in [0.5, 0.6) is 0 Å². The molecule has 1 aliphatic rings. The van der Waals surface area contributed by atoms with E-state index in [1.54, 1.807) is 4.90 Å². The molecule has 1 N–H and O–H groups in total. The first-order valence-corrected chi connectivity index (χ1v) is 9.82. The van der Waals surface area contributed by atoms with E-state index in [1.807, 2.05) is 42.5 Å². The first-order chi connectivity index (χ1) is 14.5. The number of rotatable bonds is 4. The summed E-state index contributed by atoms with van der Waals surface area (Å²) in [5.74, 6) is -0.542. The van der Waals surface area contributed by atoms with Gasteiger partial charge in [0, 0.05) is 15.7 Å². The molecule has 2 heterocycles. The van der Waals surface area contributed by atoms with Gasteiger partial charge in [-0.3, -0.25) is 0 Å². The smallest absolute Gasteiger partial charge is 0.355 e. The number of esters is 2. The largest absolute Gasteiger partial charge is 0.466 e. The lowest BCUT2D eigenvalue weighted by atomic mass is 10.1. The number of anilines is 1. The summed E-state index contributed by atoms with van der Waals surface area (Å²) in [6.45, 7) is 0.0726. The maximum Gasteiger partial charge on any atom is 0.355 e. The van der Waals surface area contributed by atoms with Crippen molar-refractivity contribution in [2.45, 2.75) is 0 Å². The molecule has 4 rings (SSSR count). The predicted octanol–water partition coefficient (Wildman–Crippen LogP) is 3.39. The van der Waals surface area contributed by atoms with E-state index in [1.165, 1.54) is 14.2 Å². The molecule has 9 heteroatoms. The second-order valence-electron chi connectivity index (χ2n) is 6.51. The van der Waals surface area contributed by atoms with Gasteiger partial charge in [-0.05, 0) is 42.5 Å². The summed E-state index contributed by atoms with van der Waals surface area (Å²) < 4.78 is 16.1. The number of ether oxygens (including phenoxy) is 3. The molecule has 0 aliphatic carbocycles. The van der Waals surface area contributed by atoms with Crippen molar-refractivity contribution in [1.82, 2.24) is 9.97 Å². The lowest BCUT2D eigenvalue weighted by Gasteiger charge is -2.31. The third-order valence-electron chi connectivity index (χ3n) is 4.73. The zero-order chi connectivity index (χ0) is 21.3. The van der Waals surface area contributed by atoms with Gasteiger partial charge in [0.25, 0.3) is 0 Å². The van der Waals surface area contributed by atoms with Crippen molar-refractivity contribution in [3.63, 3.8) is 0 Å². The zero-order valence-electron chi connectivity index (χ0n) is 16.3. The number of fused-ring (bicyclic) bond motifs is 1. The summed E-state index contributed by atoms with van der Waals surface area (Å²) >= 11 is 3.45. The number of benzene rings is 2. The molecule has 1 aliphatic heterocycles. The van der Waals surface area contributed by atoms with Gasteiger partial charge in [-0.2, -0.15) is 0 Å². The highest BCUT2D eigenvalue weighted by molar-refractivity contribution is 9.10. The number of H-pyrrole nitrogens is 1. The number of carbonyl (C=O) groups is 2. The number of hydrogen-bond acceptors (Lipinski definition) is 7. The fourth-order valence-corrected chi connectivity index (χ4v) is 3.63. The molecule has 8 nitrogen and oxygen atoms in total. The number of imidazole rings is 1. The van der Waals surface area contributed by atoms with E-state index < -0.39 is 11.9 Å². The Morgan fingerprint density at radius 1 is 1.10 bits per heavy atom. The van der Waals surface area contributed by atoms with Gasteiger partial charge in [0.1, 0.15) is 18.3 Å². The summed E-state index contributed by atoms with van der Waals surface area (Å²) in [6, 6.07) is 13.2. The zero-order valence-corrected chi connectivity index (χ0v) is 17.9. The Kier molecular flexibility index (Phi) is 5.56. The van der Waals surface area contributed by atoms with E-state index in [-0.39, 0.29) is 24.6 Å². The Bertz CT molecular complexity index is 1150. The average Bonchev–Trinajstić information content (AvgIpc) is 3.20. The number of carbonyl (C=O) groups excluding carboxylic acids is 2. The third kappa shape index (κ3) is 3.69. The first-order valence-electron chi connectivity index (χ1n) is 9.02. The quantitative estimate of drug-likeness (QED) is 0.582. The minimum absolute atomic E-state index is 0.0275. The minimum Gasteiger partial charge on any atom is -0.466 e. The lowest BCUT2D eigenvalue weighted by Crippen LogP contribution is -2.38. The number of methoxy groups -OCH3 is 2. The highest BCUT2D eigenvalue weighted by Gasteiger charge is 2.32. The highest BCUT2D eigenvalue weighted by atomic mass is 79.9. The van der Waals surface area contributed by atoms with Gasteiger partial charge in [0.15, 0.2) is 0 Å². The number of aromatic amines is 1. The molecule has 1 aromatic heterocycles. The van der Waals surface area contributed by atoms with Crippen molar-refractivity contribution in [3.8, 4) is 11.4 Å². The van der Waals surface area contributed by atoms with Gasteiger partial charge >= 0.3 is 11.9 Å². The van der Waals surface area contributed by atoms with Crippen molar-refractivity contribution >= 4 is 44.6 Å². The predicted molar refractivity (Wildman–Crippen MR) is 114 cm³/mol. The van der Waals surface area contributed by atoms with Crippen molar-refractivity contribution < 1.29 is 23.8 Å². The van der Waals surface area contributed by atoms with Crippen LogP contribution in [0, 0.1) is 0 Å². The Morgan fingerprint density at radius 2 is 1.83 bits per heavy atom. The van der Waals surface area contributed by atoms with E-state index in [0.29, 0.717) is 5.69 Å². The van der Waals surface area contributed by atoms with E-state index in [0.717, 1.165) is 26.9 Å². The van der Waals surface area contributed by atoms with E-state index >= 15 is 0 Å². The van der Waals surface area contributed by atoms with Crippen molar-refractivity contribution in [3.05, 3.63) is 58.2 Å². The van der Waals surface area contributed by atoms with Gasteiger partial charge in [0.05, 0.1) is 37.4 Å². The second-order valence-corrected chi connectivity index (χ2v) is 7.43. The Balaban J connectivity index is 1.69. The van der Waals surface area contributed by atoms with Gasteiger partial charge in [-0.25, -0.2) is 14.6 Å². The van der Waals surface area contributed by atoms with Crippen LogP contribution in [0.1, 0.15) is 0 Å².